The van der Waals surface area contributed by atoms with Gasteiger partial charge >= 0.3 is 0 Å². The summed E-state index contributed by atoms with van der Waals surface area (Å²) in [5.41, 5.74) is 0.753. The van der Waals surface area contributed by atoms with Gasteiger partial charge in [-0.15, -0.1) is 5.10 Å². The van der Waals surface area contributed by atoms with Crippen LogP contribution in [0.25, 0.3) is 0 Å². The van der Waals surface area contributed by atoms with Crippen LogP contribution in [0.1, 0.15) is 0 Å². The van der Waals surface area contributed by atoms with E-state index in [-0.39, 0.29) is 0 Å². The van der Waals surface area contributed by atoms with Gasteiger partial charge in [0.05, 0.1) is 30.6 Å². The molecule has 1 aromatic heterocycles. The van der Waals surface area contributed by atoms with Crippen molar-refractivity contribution in [3.05, 3.63) is 59.8 Å². The van der Waals surface area contributed by atoms with E-state index >= 15 is 0 Å². The van der Waals surface area contributed by atoms with Crippen molar-refractivity contribution in [3.63, 3.8) is 0 Å². The van der Waals surface area contributed by atoms with Crippen molar-refractivity contribution in [2.24, 2.45) is 0 Å². The summed E-state index contributed by atoms with van der Waals surface area (Å²) in [5, 5.41) is 14.7. The van der Waals surface area contributed by atoms with E-state index in [9.17, 15) is 0 Å². The lowest BCUT2D eigenvalue weighted by Crippen LogP contribution is -2.14. The van der Waals surface area contributed by atoms with Crippen LogP contribution in [0.5, 0.6) is 11.5 Å². The predicted molar refractivity (Wildman–Crippen MR) is 102 cm³/mol. The number of nitrogens with zero attached hydrogens (tertiary/aromatic N) is 3. The molecule has 0 atom stereocenters. The molecule has 0 bridgehead atoms. The number of rotatable bonds is 8. The van der Waals surface area contributed by atoms with E-state index in [1.165, 1.54) is 6.20 Å². The lowest BCUT2D eigenvalue weighted by Gasteiger charge is -2.10. The van der Waals surface area contributed by atoms with E-state index in [0.717, 1.165) is 17.2 Å². The second-order valence-corrected chi connectivity index (χ2v) is 5.63. The maximum Gasteiger partial charge on any atom is 0.244 e. The molecule has 0 amide bonds. The molecule has 2 N–H and O–H groups in total. The van der Waals surface area contributed by atoms with Gasteiger partial charge in [0.2, 0.25) is 5.95 Å². The Morgan fingerprint density at radius 3 is 2.58 bits per heavy atom. The second kappa shape index (κ2) is 8.87. The molecule has 3 aromatic rings. The molecule has 0 saturated heterocycles. The largest absolute Gasteiger partial charge is 0.497 e. The van der Waals surface area contributed by atoms with Crippen LogP contribution in [-0.4, -0.2) is 35.4 Å². The highest BCUT2D eigenvalue weighted by molar-refractivity contribution is 6.33. The van der Waals surface area contributed by atoms with Gasteiger partial charge in [0.25, 0.3) is 0 Å². The van der Waals surface area contributed by atoms with E-state index in [4.69, 9.17) is 21.1 Å². The third kappa shape index (κ3) is 4.97. The molecule has 3 rings (SSSR count). The summed E-state index contributed by atoms with van der Waals surface area (Å²) in [5.74, 6) is 2.51. The first-order valence-electron chi connectivity index (χ1n) is 7.96. The van der Waals surface area contributed by atoms with E-state index in [1.54, 1.807) is 13.2 Å². The lowest BCUT2D eigenvalue weighted by atomic mass is 10.3. The number of methoxy groups -OCH3 is 1. The second-order valence-electron chi connectivity index (χ2n) is 5.22. The first-order valence-corrected chi connectivity index (χ1v) is 8.34. The highest BCUT2D eigenvalue weighted by Gasteiger charge is 2.03. The Labute approximate surface area is 156 Å². The van der Waals surface area contributed by atoms with E-state index in [2.05, 4.69) is 25.8 Å². The highest BCUT2D eigenvalue weighted by atomic mass is 35.5. The van der Waals surface area contributed by atoms with Crippen LogP contribution in [0.2, 0.25) is 5.02 Å². The maximum absolute atomic E-state index is 6.13. The molecular weight excluding hydrogens is 354 g/mol. The molecule has 0 radical (unpaired) electrons. The summed E-state index contributed by atoms with van der Waals surface area (Å²) >= 11 is 6.13. The zero-order chi connectivity index (χ0) is 18.2. The zero-order valence-electron chi connectivity index (χ0n) is 14.1. The molecule has 0 aliphatic carbocycles. The normalized spacial score (nSPS) is 10.2. The predicted octanol–water partition coefficient (Wildman–Crippen LogP) is 3.77. The molecule has 134 valence electrons. The number of hydrogen-bond acceptors (Lipinski definition) is 7. The zero-order valence-corrected chi connectivity index (χ0v) is 14.9. The van der Waals surface area contributed by atoms with Crippen molar-refractivity contribution >= 4 is 29.1 Å². The first kappa shape index (κ1) is 17.8. The SMILES string of the molecule is COc1ccc(OCCNc2nncc(Nc3ccccc3Cl)n2)cc1. The van der Waals surface area contributed by atoms with Gasteiger partial charge < -0.3 is 20.1 Å². The monoisotopic (exact) mass is 371 g/mol. The maximum atomic E-state index is 6.13. The van der Waals surface area contributed by atoms with Crippen molar-refractivity contribution in [3.8, 4) is 11.5 Å². The summed E-state index contributed by atoms with van der Waals surface area (Å²) in [6.07, 6.45) is 1.53. The van der Waals surface area contributed by atoms with E-state index < -0.39 is 0 Å². The number of ether oxygens (including phenoxy) is 2. The summed E-state index contributed by atoms with van der Waals surface area (Å²) in [6, 6.07) is 14.8. The van der Waals surface area contributed by atoms with Crippen molar-refractivity contribution < 1.29 is 9.47 Å². The van der Waals surface area contributed by atoms with Gasteiger partial charge in [-0.05, 0) is 36.4 Å². The van der Waals surface area contributed by atoms with Gasteiger partial charge in [0.15, 0.2) is 5.82 Å². The van der Waals surface area contributed by atoms with Gasteiger partial charge in [-0.1, -0.05) is 23.7 Å². The molecule has 0 spiro atoms. The molecule has 0 aliphatic rings. The topological polar surface area (TPSA) is 81.2 Å². The van der Waals surface area contributed by atoms with Gasteiger partial charge in [-0.2, -0.15) is 10.1 Å². The molecule has 2 aromatic carbocycles. The van der Waals surface area contributed by atoms with E-state index in [0.29, 0.717) is 29.9 Å². The fourth-order valence-electron chi connectivity index (χ4n) is 2.14. The van der Waals surface area contributed by atoms with Crippen LogP contribution in [0.15, 0.2) is 54.7 Å². The van der Waals surface area contributed by atoms with Gasteiger partial charge in [0, 0.05) is 0 Å². The van der Waals surface area contributed by atoms with Crippen LogP contribution >= 0.6 is 11.6 Å². The number of para-hydroxylation sites is 1. The first-order chi connectivity index (χ1) is 12.7. The van der Waals surface area contributed by atoms with Crippen LogP contribution < -0.4 is 20.1 Å². The van der Waals surface area contributed by atoms with Gasteiger partial charge in [-0.25, -0.2) is 0 Å². The molecule has 0 unspecified atom stereocenters. The number of benzene rings is 2. The van der Waals surface area contributed by atoms with Gasteiger partial charge in [0.1, 0.15) is 18.1 Å². The Hall–Kier alpha value is -3.06. The van der Waals surface area contributed by atoms with Crippen molar-refractivity contribution in [2.45, 2.75) is 0 Å². The molecular formula is C18H18ClN5O2. The number of anilines is 3. The Balaban J connectivity index is 1.50. The summed E-state index contributed by atoms with van der Waals surface area (Å²) in [7, 11) is 1.63. The average molecular weight is 372 g/mol. The number of aromatic nitrogens is 3. The molecule has 1 heterocycles. The molecule has 26 heavy (non-hydrogen) atoms. The van der Waals surface area contributed by atoms with Gasteiger partial charge in [-0.3, -0.25) is 0 Å². The van der Waals surface area contributed by atoms with Crippen LogP contribution in [0, 0.1) is 0 Å². The van der Waals surface area contributed by atoms with Crippen LogP contribution in [0.4, 0.5) is 17.5 Å². The lowest BCUT2D eigenvalue weighted by molar-refractivity contribution is 0.331. The summed E-state index contributed by atoms with van der Waals surface area (Å²) in [4.78, 5) is 4.35. The average Bonchev–Trinajstić information content (AvgIpc) is 2.68. The molecule has 8 heteroatoms. The number of nitrogens with one attached hydrogen (secondary N) is 2. The van der Waals surface area contributed by atoms with Crippen molar-refractivity contribution in [2.75, 3.05) is 30.9 Å². The van der Waals surface area contributed by atoms with Crippen LogP contribution in [-0.2, 0) is 0 Å². The summed E-state index contributed by atoms with van der Waals surface area (Å²) < 4.78 is 10.7. The number of halogens is 1. The quantitative estimate of drug-likeness (QED) is 0.583. The Morgan fingerprint density at radius 2 is 1.81 bits per heavy atom. The number of hydrogen-bond donors (Lipinski definition) is 2. The molecule has 0 aliphatic heterocycles. The highest BCUT2D eigenvalue weighted by Crippen LogP contribution is 2.23. The van der Waals surface area contributed by atoms with E-state index in [1.807, 2.05) is 42.5 Å². The smallest absolute Gasteiger partial charge is 0.244 e. The standard InChI is InChI=1S/C18H18ClN5O2/c1-25-13-6-8-14(9-7-13)26-11-10-20-18-23-17(12-21-24-18)22-16-5-3-2-4-15(16)19/h2-9,12H,10-11H2,1H3,(H2,20,22,23,24). The molecule has 7 nitrogen and oxygen atoms in total. The Morgan fingerprint density at radius 1 is 1.04 bits per heavy atom. The minimum Gasteiger partial charge on any atom is -0.497 e. The molecule has 0 fully saturated rings. The Kier molecular flexibility index (Phi) is 6.05. The minimum absolute atomic E-state index is 0.403. The summed E-state index contributed by atoms with van der Waals surface area (Å²) in [6.45, 7) is 0.987. The fourth-order valence-corrected chi connectivity index (χ4v) is 2.33. The fraction of sp³-hybridized carbons (Fsp3) is 0.167. The third-order valence-electron chi connectivity index (χ3n) is 3.41. The van der Waals surface area contributed by atoms with Crippen molar-refractivity contribution in [1.82, 2.24) is 15.2 Å². The van der Waals surface area contributed by atoms with Crippen molar-refractivity contribution in [1.29, 1.82) is 0 Å². The Bertz CT molecular complexity index is 845. The third-order valence-corrected chi connectivity index (χ3v) is 3.74. The molecule has 0 saturated carbocycles. The minimum atomic E-state index is 0.403. The van der Waals surface area contributed by atoms with Crippen LogP contribution in [0.3, 0.4) is 0 Å².